The van der Waals surface area contributed by atoms with Crippen LogP contribution < -0.4 is 0 Å². The zero-order chi connectivity index (χ0) is 6.91. The third-order valence-electron chi connectivity index (χ3n) is 1.11. The lowest BCUT2D eigenvalue weighted by molar-refractivity contribution is -0.0864. The maximum Gasteiger partial charge on any atom is 0.261 e. The van der Waals surface area contributed by atoms with Crippen LogP contribution in [-0.2, 0) is 0 Å². The number of rotatable bonds is 0. The second-order valence-electron chi connectivity index (χ2n) is 1.87. The van der Waals surface area contributed by atoms with Crippen LogP contribution in [0.25, 0.3) is 0 Å². The summed E-state index contributed by atoms with van der Waals surface area (Å²) in [5, 5.41) is 8.46. The molecule has 0 aromatic heterocycles. The molecule has 1 aliphatic rings. The van der Waals surface area contributed by atoms with Gasteiger partial charge in [0.15, 0.2) is 6.17 Å². The fraction of sp³-hybridized carbons (Fsp3) is 0.333. The first-order valence-corrected chi connectivity index (χ1v) is 2.54. The zero-order valence-electron chi connectivity index (χ0n) is 4.59. The van der Waals surface area contributed by atoms with Gasteiger partial charge in [0.25, 0.3) is 5.85 Å². The molecule has 2 unspecified atom stereocenters. The zero-order valence-corrected chi connectivity index (χ0v) is 4.59. The van der Waals surface area contributed by atoms with Gasteiger partial charge in [-0.05, 0) is 12.2 Å². The SMILES string of the molecule is OC1(F)C=CC=CC1F. The van der Waals surface area contributed by atoms with Gasteiger partial charge in [-0.3, -0.25) is 0 Å². The average molecular weight is 132 g/mol. The highest BCUT2D eigenvalue weighted by Gasteiger charge is 2.33. The van der Waals surface area contributed by atoms with Crippen molar-refractivity contribution in [3.05, 3.63) is 24.3 Å². The maximum absolute atomic E-state index is 12.3. The Balaban J connectivity index is 2.78. The fourth-order valence-electron chi connectivity index (χ4n) is 0.579. The number of hydrogen-bond acceptors (Lipinski definition) is 1. The molecule has 0 heterocycles. The van der Waals surface area contributed by atoms with Crippen LogP contribution in [0.5, 0.6) is 0 Å². The van der Waals surface area contributed by atoms with E-state index in [1.165, 1.54) is 12.2 Å². The van der Waals surface area contributed by atoms with Crippen molar-refractivity contribution < 1.29 is 13.9 Å². The van der Waals surface area contributed by atoms with E-state index in [1.807, 2.05) is 0 Å². The van der Waals surface area contributed by atoms with E-state index in [-0.39, 0.29) is 0 Å². The minimum atomic E-state index is -2.80. The summed E-state index contributed by atoms with van der Waals surface area (Å²) in [6, 6.07) is 0. The van der Waals surface area contributed by atoms with Gasteiger partial charge < -0.3 is 5.11 Å². The third kappa shape index (κ3) is 1.16. The predicted octanol–water partition coefficient (Wildman–Crippen LogP) is 1.11. The van der Waals surface area contributed by atoms with E-state index < -0.39 is 12.0 Å². The lowest BCUT2D eigenvalue weighted by Gasteiger charge is -2.18. The molecule has 9 heavy (non-hydrogen) atoms. The van der Waals surface area contributed by atoms with E-state index in [2.05, 4.69) is 0 Å². The summed E-state index contributed by atoms with van der Waals surface area (Å²) >= 11 is 0. The first-order chi connectivity index (χ1) is 4.13. The van der Waals surface area contributed by atoms with Gasteiger partial charge in [0.2, 0.25) is 0 Å². The summed E-state index contributed by atoms with van der Waals surface area (Å²) in [6.45, 7) is 0. The normalized spacial score (nSPS) is 41.4. The van der Waals surface area contributed by atoms with Crippen molar-refractivity contribution in [2.45, 2.75) is 12.0 Å². The van der Waals surface area contributed by atoms with Crippen LogP contribution in [0.4, 0.5) is 8.78 Å². The molecule has 0 radical (unpaired) electrons. The highest BCUT2D eigenvalue weighted by molar-refractivity contribution is 5.19. The second kappa shape index (κ2) is 1.92. The van der Waals surface area contributed by atoms with Gasteiger partial charge in [-0.25, -0.2) is 8.78 Å². The monoisotopic (exact) mass is 132 g/mol. The highest BCUT2D eigenvalue weighted by Crippen LogP contribution is 2.21. The van der Waals surface area contributed by atoms with Gasteiger partial charge in [-0.1, -0.05) is 12.2 Å². The molecule has 0 fully saturated rings. The largest absolute Gasteiger partial charge is 0.356 e. The van der Waals surface area contributed by atoms with Crippen molar-refractivity contribution in [2.24, 2.45) is 0 Å². The number of halogens is 2. The topological polar surface area (TPSA) is 20.2 Å². The Bertz CT molecular complexity index is 160. The first-order valence-electron chi connectivity index (χ1n) is 2.54. The van der Waals surface area contributed by atoms with Crippen LogP contribution in [0.1, 0.15) is 0 Å². The molecule has 1 aliphatic carbocycles. The number of alkyl halides is 2. The smallest absolute Gasteiger partial charge is 0.261 e. The number of aliphatic hydroxyl groups is 1. The Morgan fingerprint density at radius 1 is 1.44 bits per heavy atom. The molecular weight excluding hydrogens is 126 g/mol. The summed E-state index contributed by atoms with van der Waals surface area (Å²) in [5.41, 5.74) is 0. The van der Waals surface area contributed by atoms with Crippen LogP contribution in [0.3, 0.4) is 0 Å². The minimum absolute atomic E-state index is 0.775. The fourth-order valence-corrected chi connectivity index (χ4v) is 0.579. The Kier molecular flexibility index (Phi) is 1.37. The van der Waals surface area contributed by atoms with Crippen LogP contribution in [0, 0.1) is 0 Å². The van der Waals surface area contributed by atoms with Gasteiger partial charge >= 0.3 is 0 Å². The van der Waals surface area contributed by atoms with E-state index in [1.54, 1.807) is 0 Å². The third-order valence-corrected chi connectivity index (χ3v) is 1.11. The molecule has 0 saturated carbocycles. The molecule has 1 rings (SSSR count). The minimum Gasteiger partial charge on any atom is -0.356 e. The van der Waals surface area contributed by atoms with E-state index in [9.17, 15) is 8.78 Å². The number of hydrogen-bond donors (Lipinski definition) is 1. The second-order valence-corrected chi connectivity index (χ2v) is 1.87. The Labute approximate surface area is 51.3 Å². The van der Waals surface area contributed by atoms with Crippen molar-refractivity contribution in [2.75, 3.05) is 0 Å². The van der Waals surface area contributed by atoms with Gasteiger partial charge in [-0.2, -0.15) is 0 Å². The van der Waals surface area contributed by atoms with Crippen molar-refractivity contribution in [3.63, 3.8) is 0 Å². The molecule has 0 amide bonds. The molecule has 0 aromatic rings. The molecule has 0 spiro atoms. The Morgan fingerprint density at radius 2 is 2.11 bits per heavy atom. The first kappa shape index (κ1) is 6.42. The summed E-state index contributed by atoms with van der Waals surface area (Å²) in [5.74, 6) is -2.80. The molecule has 0 aliphatic heterocycles. The Morgan fingerprint density at radius 3 is 2.44 bits per heavy atom. The standard InChI is InChI=1S/C6H6F2O/c7-5-3-1-2-4-6(5,8)9/h1-5,9H. The molecule has 0 aromatic carbocycles. The van der Waals surface area contributed by atoms with Crippen LogP contribution in [0.2, 0.25) is 0 Å². The molecule has 0 saturated heterocycles. The predicted molar refractivity (Wildman–Crippen MR) is 29.2 cm³/mol. The van der Waals surface area contributed by atoms with Crippen molar-refractivity contribution in [1.29, 1.82) is 0 Å². The lowest BCUT2D eigenvalue weighted by Crippen LogP contribution is -2.31. The van der Waals surface area contributed by atoms with Crippen LogP contribution in [-0.4, -0.2) is 17.1 Å². The molecular formula is C6H6F2O. The van der Waals surface area contributed by atoms with Crippen LogP contribution >= 0.6 is 0 Å². The van der Waals surface area contributed by atoms with Crippen LogP contribution in [0.15, 0.2) is 24.3 Å². The average Bonchev–Trinajstić information content (AvgIpc) is 1.77. The molecule has 50 valence electrons. The summed E-state index contributed by atoms with van der Waals surface area (Å²) < 4.78 is 24.5. The lowest BCUT2D eigenvalue weighted by atomic mass is 10.1. The summed E-state index contributed by atoms with van der Waals surface area (Å²) in [6.07, 6.45) is 2.41. The van der Waals surface area contributed by atoms with Crippen molar-refractivity contribution in [1.82, 2.24) is 0 Å². The quantitative estimate of drug-likeness (QED) is 0.523. The van der Waals surface area contributed by atoms with Gasteiger partial charge in [0, 0.05) is 0 Å². The molecule has 1 nitrogen and oxygen atoms in total. The summed E-state index contributed by atoms with van der Waals surface area (Å²) in [4.78, 5) is 0. The Hall–Kier alpha value is -0.700. The molecule has 3 heteroatoms. The summed E-state index contributed by atoms with van der Waals surface area (Å²) in [7, 11) is 0. The van der Waals surface area contributed by atoms with E-state index in [0.717, 1.165) is 12.2 Å². The van der Waals surface area contributed by atoms with Crippen molar-refractivity contribution >= 4 is 0 Å². The molecule has 2 atom stereocenters. The number of allylic oxidation sites excluding steroid dienone is 2. The molecule has 0 bridgehead atoms. The highest BCUT2D eigenvalue weighted by atomic mass is 19.2. The van der Waals surface area contributed by atoms with E-state index in [4.69, 9.17) is 5.11 Å². The van der Waals surface area contributed by atoms with E-state index >= 15 is 0 Å². The maximum atomic E-state index is 12.3. The van der Waals surface area contributed by atoms with Gasteiger partial charge in [0.1, 0.15) is 0 Å². The van der Waals surface area contributed by atoms with Gasteiger partial charge in [0.05, 0.1) is 0 Å². The van der Waals surface area contributed by atoms with Crippen molar-refractivity contribution in [3.8, 4) is 0 Å². The van der Waals surface area contributed by atoms with Gasteiger partial charge in [-0.15, -0.1) is 0 Å². The van der Waals surface area contributed by atoms with E-state index in [0.29, 0.717) is 0 Å². The molecule has 1 N–H and O–H groups in total.